The fourth-order valence-corrected chi connectivity index (χ4v) is 4.48. The third-order valence-corrected chi connectivity index (χ3v) is 6.12. The van der Waals surface area contributed by atoms with Gasteiger partial charge in [0.1, 0.15) is 24.3 Å². The van der Waals surface area contributed by atoms with Crippen molar-refractivity contribution in [1.29, 1.82) is 5.26 Å². The molecule has 0 radical (unpaired) electrons. The lowest BCUT2D eigenvalue weighted by atomic mass is 9.91. The highest BCUT2D eigenvalue weighted by Gasteiger charge is 2.38. The fraction of sp³-hybridized carbons (Fsp3) is 0.524. The van der Waals surface area contributed by atoms with Gasteiger partial charge in [-0.1, -0.05) is 0 Å². The summed E-state index contributed by atoms with van der Waals surface area (Å²) < 4.78 is 0. The molecule has 4 rings (SSSR count). The Morgan fingerprint density at radius 2 is 1.90 bits per heavy atom. The van der Waals surface area contributed by atoms with Gasteiger partial charge in [-0.2, -0.15) is 5.26 Å². The first kappa shape index (κ1) is 20.5. The highest BCUT2D eigenvalue weighted by molar-refractivity contribution is 5.61. The van der Waals surface area contributed by atoms with Gasteiger partial charge in [-0.15, -0.1) is 0 Å². The Morgan fingerprint density at radius 1 is 1.13 bits per heavy atom. The van der Waals surface area contributed by atoms with Gasteiger partial charge in [0.05, 0.1) is 19.5 Å². The Kier molecular flexibility index (Phi) is 6.38. The standard InChI is InChI=1S/C21H27N7O2/c1-28-17-3-4-18(28)6-14(5-17)9-24-19-7-20(25-10-15(19)13-30-29-2)27-21-12-23-16(8-22)11-26-21/h7,10-12,14,17-18H,3-6,9,13H2,1-2H3,(H2,24,25,26,27). The number of nitriles is 1. The molecule has 2 fully saturated rings. The lowest BCUT2D eigenvalue weighted by Crippen LogP contribution is -2.41. The van der Waals surface area contributed by atoms with E-state index in [0.29, 0.717) is 24.2 Å². The Labute approximate surface area is 176 Å². The number of rotatable bonds is 8. The van der Waals surface area contributed by atoms with Gasteiger partial charge >= 0.3 is 0 Å². The van der Waals surface area contributed by atoms with Crippen LogP contribution in [0.5, 0.6) is 0 Å². The smallest absolute Gasteiger partial charge is 0.158 e. The minimum atomic E-state index is 0.273. The first-order valence-electron chi connectivity index (χ1n) is 10.3. The van der Waals surface area contributed by atoms with E-state index in [2.05, 4.69) is 37.5 Å². The van der Waals surface area contributed by atoms with Crippen LogP contribution >= 0.6 is 0 Å². The summed E-state index contributed by atoms with van der Waals surface area (Å²) in [5, 5.41) is 15.6. The number of hydrogen-bond donors (Lipinski definition) is 2. The molecule has 2 atom stereocenters. The minimum Gasteiger partial charge on any atom is -0.384 e. The second-order valence-electron chi connectivity index (χ2n) is 7.95. The van der Waals surface area contributed by atoms with Crippen molar-refractivity contribution in [2.24, 2.45) is 5.92 Å². The molecule has 0 saturated carbocycles. The second kappa shape index (κ2) is 9.34. The number of nitrogens with one attached hydrogen (secondary N) is 2. The highest BCUT2D eigenvalue weighted by atomic mass is 17.2. The monoisotopic (exact) mass is 409 g/mol. The lowest BCUT2D eigenvalue weighted by molar-refractivity contribution is -0.282. The molecule has 4 heterocycles. The van der Waals surface area contributed by atoms with Crippen LogP contribution in [0.15, 0.2) is 24.7 Å². The van der Waals surface area contributed by atoms with E-state index in [1.807, 2.05) is 12.1 Å². The third kappa shape index (κ3) is 4.67. The third-order valence-electron chi connectivity index (χ3n) is 6.12. The van der Waals surface area contributed by atoms with Gasteiger partial charge in [0.25, 0.3) is 0 Å². The van der Waals surface area contributed by atoms with Crippen LogP contribution in [0.2, 0.25) is 0 Å². The van der Waals surface area contributed by atoms with Gasteiger partial charge in [0.2, 0.25) is 0 Å². The quantitative estimate of drug-likeness (QED) is 0.502. The van der Waals surface area contributed by atoms with Crippen LogP contribution in [0.3, 0.4) is 0 Å². The molecule has 0 aliphatic carbocycles. The largest absolute Gasteiger partial charge is 0.384 e. The van der Waals surface area contributed by atoms with Crippen molar-refractivity contribution in [2.45, 2.75) is 44.4 Å². The van der Waals surface area contributed by atoms with Crippen molar-refractivity contribution in [3.05, 3.63) is 35.9 Å². The van der Waals surface area contributed by atoms with Crippen molar-refractivity contribution < 1.29 is 9.78 Å². The number of anilines is 3. The Balaban J connectivity index is 1.45. The molecular formula is C21H27N7O2. The van der Waals surface area contributed by atoms with E-state index in [-0.39, 0.29) is 5.69 Å². The van der Waals surface area contributed by atoms with Crippen LogP contribution < -0.4 is 10.6 Å². The summed E-state index contributed by atoms with van der Waals surface area (Å²) in [7, 11) is 3.76. The van der Waals surface area contributed by atoms with Crippen LogP contribution in [0.1, 0.15) is 36.9 Å². The van der Waals surface area contributed by atoms with Gasteiger partial charge in [-0.3, -0.25) is 0 Å². The average molecular weight is 409 g/mol. The average Bonchev–Trinajstić information content (AvgIpc) is 2.98. The molecule has 158 valence electrons. The van der Waals surface area contributed by atoms with Crippen LogP contribution in [0, 0.1) is 17.2 Å². The number of nitrogens with zero attached hydrogens (tertiary/aromatic N) is 5. The van der Waals surface area contributed by atoms with Crippen LogP contribution in [0.25, 0.3) is 0 Å². The summed E-state index contributed by atoms with van der Waals surface area (Å²) in [5.41, 5.74) is 2.15. The van der Waals surface area contributed by atoms with E-state index in [1.165, 1.54) is 45.2 Å². The maximum absolute atomic E-state index is 8.86. The highest BCUT2D eigenvalue weighted by Crippen LogP contribution is 2.37. The first-order valence-corrected chi connectivity index (χ1v) is 10.3. The Morgan fingerprint density at radius 3 is 2.57 bits per heavy atom. The van der Waals surface area contributed by atoms with Crippen molar-refractivity contribution in [2.75, 3.05) is 31.3 Å². The molecule has 2 unspecified atom stereocenters. The van der Waals surface area contributed by atoms with Crippen molar-refractivity contribution in [3.8, 4) is 6.07 Å². The van der Waals surface area contributed by atoms with E-state index < -0.39 is 0 Å². The summed E-state index contributed by atoms with van der Waals surface area (Å²) in [5.74, 6) is 1.82. The van der Waals surface area contributed by atoms with Crippen molar-refractivity contribution in [1.82, 2.24) is 19.9 Å². The predicted octanol–water partition coefficient (Wildman–Crippen LogP) is 2.85. The van der Waals surface area contributed by atoms with Crippen molar-refractivity contribution in [3.63, 3.8) is 0 Å². The summed E-state index contributed by atoms with van der Waals surface area (Å²) >= 11 is 0. The molecule has 0 aromatic carbocycles. The van der Waals surface area contributed by atoms with Crippen LogP contribution in [0.4, 0.5) is 17.3 Å². The zero-order valence-electron chi connectivity index (χ0n) is 17.3. The van der Waals surface area contributed by atoms with Gasteiger partial charge in [-0.25, -0.2) is 24.7 Å². The number of pyridine rings is 1. The Hall–Kier alpha value is -2.80. The molecule has 30 heavy (non-hydrogen) atoms. The van der Waals surface area contributed by atoms with Gasteiger partial charge in [0, 0.05) is 42.1 Å². The molecule has 0 amide bonds. The molecule has 9 heteroatoms. The first-order chi connectivity index (χ1) is 14.7. The van der Waals surface area contributed by atoms with Crippen molar-refractivity contribution >= 4 is 17.3 Å². The van der Waals surface area contributed by atoms with Gasteiger partial charge in [0.15, 0.2) is 5.69 Å². The van der Waals surface area contributed by atoms with E-state index in [1.54, 1.807) is 6.20 Å². The van der Waals surface area contributed by atoms with Gasteiger partial charge < -0.3 is 15.5 Å². The van der Waals surface area contributed by atoms with E-state index in [9.17, 15) is 0 Å². The zero-order chi connectivity index (χ0) is 20.9. The van der Waals surface area contributed by atoms with E-state index in [0.717, 1.165) is 29.9 Å². The van der Waals surface area contributed by atoms with E-state index >= 15 is 0 Å². The molecule has 2 aromatic rings. The Bertz CT molecular complexity index is 885. The molecule has 2 aliphatic rings. The fourth-order valence-electron chi connectivity index (χ4n) is 4.48. The van der Waals surface area contributed by atoms with E-state index in [4.69, 9.17) is 15.0 Å². The van der Waals surface area contributed by atoms with Crippen LogP contribution in [-0.4, -0.2) is 52.6 Å². The second-order valence-corrected chi connectivity index (χ2v) is 7.95. The zero-order valence-corrected chi connectivity index (χ0v) is 17.3. The molecule has 9 nitrogen and oxygen atoms in total. The summed E-state index contributed by atoms with van der Waals surface area (Å²) in [6.07, 6.45) is 9.82. The molecule has 2 aliphatic heterocycles. The summed E-state index contributed by atoms with van der Waals surface area (Å²) in [6.45, 7) is 1.22. The van der Waals surface area contributed by atoms with Gasteiger partial charge in [-0.05, 0) is 38.6 Å². The molecule has 2 saturated heterocycles. The molecule has 2 N–H and O–H groups in total. The molecular weight excluding hydrogens is 382 g/mol. The number of hydrogen-bond acceptors (Lipinski definition) is 9. The topological polar surface area (TPSA) is 108 Å². The summed E-state index contributed by atoms with van der Waals surface area (Å²) in [6, 6.07) is 5.34. The minimum absolute atomic E-state index is 0.273. The molecule has 2 bridgehead atoms. The number of piperidine rings is 1. The van der Waals surface area contributed by atoms with Crippen LogP contribution in [-0.2, 0) is 16.4 Å². The summed E-state index contributed by atoms with van der Waals surface area (Å²) in [4.78, 5) is 25.1. The maximum Gasteiger partial charge on any atom is 0.158 e. The number of aromatic nitrogens is 3. The normalized spacial score (nSPS) is 23.2. The number of fused-ring (bicyclic) bond motifs is 2. The SMILES string of the molecule is COOCc1cnc(Nc2cnc(C#N)cn2)cc1NCC1CC2CCC(C1)N2C. The maximum atomic E-state index is 8.86. The predicted molar refractivity (Wildman–Crippen MR) is 112 cm³/mol. The molecule has 2 aromatic heterocycles. The lowest BCUT2D eigenvalue weighted by Gasteiger charge is -2.36. The molecule has 0 spiro atoms.